The second-order valence-corrected chi connectivity index (χ2v) is 8.19. The Morgan fingerprint density at radius 1 is 1.04 bits per heavy atom. The number of ether oxygens (including phenoxy) is 2. The summed E-state index contributed by atoms with van der Waals surface area (Å²) in [4.78, 5) is 2.44. The van der Waals surface area contributed by atoms with Gasteiger partial charge in [0.2, 0.25) is 10.0 Å². The van der Waals surface area contributed by atoms with Gasteiger partial charge in [-0.3, -0.25) is 0 Å². The van der Waals surface area contributed by atoms with Crippen LogP contribution in [0, 0.1) is 0 Å². The van der Waals surface area contributed by atoms with E-state index in [1.165, 1.54) is 17.3 Å². The number of nitrogens with one attached hydrogen (secondary N) is 1. The normalized spacial score (nSPS) is 16.2. The lowest BCUT2D eigenvalue weighted by atomic mass is 10.0. The zero-order valence-electron chi connectivity index (χ0n) is 14.5. The maximum absolute atomic E-state index is 12.6. The van der Waals surface area contributed by atoms with E-state index in [0.717, 1.165) is 19.4 Å². The lowest BCUT2D eigenvalue weighted by Crippen LogP contribution is -2.37. The molecule has 6 nitrogen and oxygen atoms in total. The van der Waals surface area contributed by atoms with E-state index in [-0.39, 0.29) is 4.90 Å². The van der Waals surface area contributed by atoms with Crippen LogP contribution in [0.1, 0.15) is 12.0 Å². The molecule has 0 radical (unpaired) electrons. The molecule has 2 heterocycles. The molecule has 0 aromatic heterocycles. The summed E-state index contributed by atoms with van der Waals surface area (Å²) < 4.78 is 38.8. The van der Waals surface area contributed by atoms with E-state index in [4.69, 9.17) is 9.47 Å². The van der Waals surface area contributed by atoms with Crippen molar-refractivity contribution in [2.24, 2.45) is 0 Å². The fourth-order valence-corrected chi connectivity index (χ4v) is 4.47. The number of hydrogen-bond donors (Lipinski definition) is 1. The topological polar surface area (TPSA) is 67.9 Å². The maximum atomic E-state index is 12.6. The van der Waals surface area contributed by atoms with Crippen molar-refractivity contribution in [3.63, 3.8) is 0 Å². The van der Waals surface area contributed by atoms with Gasteiger partial charge in [0.15, 0.2) is 11.5 Å². The van der Waals surface area contributed by atoms with Gasteiger partial charge in [0.05, 0.1) is 4.90 Å². The standard InChI is InChI=1S/C19H22N2O4S/c22-26(23,16-7-8-18-19(14-16)25-13-12-24-18)20-9-11-21-10-3-5-15-4-1-2-6-17(15)21/h1-2,4,6-8,14,20H,3,5,9-13H2. The van der Waals surface area contributed by atoms with Crippen LogP contribution in [0.25, 0.3) is 0 Å². The van der Waals surface area contributed by atoms with Crippen LogP contribution < -0.4 is 19.1 Å². The van der Waals surface area contributed by atoms with E-state index in [9.17, 15) is 8.42 Å². The van der Waals surface area contributed by atoms with Crippen LogP contribution in [0.15, 0.2) is 47.4 Å². The Labute approximate surface area is 153 Å². The fraction of sp³-hybridized carbons (Fsp3) is 0.368. The molecular formula is C19H22N2O4S. The van der Waals surface area contributed by atoms with Gasteiger partial charge in [-0.15, -0.1) is 0 Å². The van der Waals surface area contributed by atoms with Gasteiger partial charge in [-0.1, -0.05) is 18.2 Å². The molecule has 0 unspecified atom stereocenters. The number of benzene rings is 2. The van der Waals surface area contributed by atoms with Gasteiger partial charge in [0.25, 0.3) is 0 Å². The Bertz CT molecular complexity index is 898. The van der Waals surface area contributed by atoms with Crippen LogP contribution in [-0.4, -0.2) is 41.3 Å². The number of hydrogen-bond acceptors (Lipinski definition) is 5. The smallest absolute Gasteiger partial charge is 0.240 e. The molecule has 2 aliphatic heterocycles. The van der Waals surface area contributed by atoms with E-state index in [0.29, 0.717) is 37.8 Å². The zero-order chi connectivity index (χ0) is 18.0. The highest BCUT2D eigenvalue weighted by Gasteiger charge is 2.20. The van der Waals surface area contributed by atoms with Gasteiger partial charge in [-0.25, -0.2) is 13.1 Å². The predicted octanol–water partition coefficient (Wildman–Crippen LogP) is 2.19. The number of aryl methyl sites for hydroxylation is 1. The molecule has 2 aromatic rings. The first-order chi connectivity index (χ1) is 12.6. The van der Waals surface area contributed by atoms with Gasteiger partial charge >= 0.3 is 0 Å². The van der Waals surface area contributed by atoms with E-state index in [1.54, 1.807) is 12.1 Å². The molecule has 0 fully saturated rings. The highest BCUT2D eigenvalue weighted by Crippen LogP contribution is 2.32. The summed E-state index contributed by atoms with van der Waals surface area (Å²) in [6.07, 6.45) is 2.17. The summed E-state index contributed by atoms with van der Waals surface area (Å²) in [6.45, 7) is 2.85. The average molecular weight is 374 g/mol. The summed E-state index contributed by atoms with van der Waals surface area (Å²) in [6, 6.07) is 13.0. The van der Waals surface area contributed by atoms with Crippen molar-refractivity contribution in [1.82, 2.24) is 4.72 Å². The number of rotatable bonds is 5. The lowest BCUT2D eigenvalue weighted by molar-refractivity contribution is 0.171. The van der Waals surface area contributed by atoms with Crippen LogP contribution in [-0.2, 0) is 16.4 Å². The average Bonchev–Trinajstić information content (AvgIpc) is 2.68. The van der Waals surface area contributed by atoms with Crippen LogP contribution in [0.4, 0.5) is 5.69 Å². The summed E-state index contributed by atoms with van der Waals surface area (Å²) in [5.74, 6) is 1.06. The molecule has 1 N–H and O–H groups in total. The summed E-state index contributed by atoms with van der Waals surface area (Å²) in [5, 5.41) is 0. The predicted molar refractivity (Wildman–Crippen MR) is 99.6 cm³/mol. The molecule has 0 amide bonds. The van der Waals surface area contributed by atoms with Crippen molar-refractivity contribution >= 4 is 15.7 Å². The molecule has 0 bridgehead atoms. The first-order valence-electron chi connectivity index (χ1n) is 8.86. The van der Waals surface area contributed by atoms with E-state index in [1.807, 2.05) is 12.1 Å². The summed E-state index contributed by atoms with van der Waals surface area (Å²) in [5.41, 5.74) is 2.53. The van der Waals surface area contributed by atoms with Crippen molar-refractivity contribution in [2.45, 2.75) is 17.7 Å². The molecule has 4 rings (SSSR count). The van der Waals surface area contributed by atoms with Crippen molar-refractivity contribution in [2.75, 3.05) is 37.7 Å². The molecule has 2 aromatic carbocycles. The van der Waals surface area contributed by atoms with Crippen molar-refractivity contribution in [3.8, 4) is 11.5 Å². The van der Waals surface area contributed by atoms with Gasteiger partial charge in [-0.05, 0) is 36.6 Å². The van der Waals surface area contributed by atoms with Gasteiger partial charge in [-0.2, -0.15) is 0 Å². The number of fused-ring (bicyclic) bond motifs is 2. The van der Waals surface area contributed by atoms with Gasteiger partial charge in [0, 0.05) is 31.4 Å². The van der Waals surface area contributed by atoms with Crippen LogP contribution in [0.3, 0.4) is 0 Å². The Hall–Kier alpha value is -2.25. The SMILES string of the molecule is O=S(=O)(NCCN1CCCc2ccccc21)c1ccc2c(c1)OCCO2. The number of anilines is 1. The quantitative estimate of drug-likeness (QED) is 0.869. The summed E-state index contributed by atoms with van der Waals surface area (Å²) >= 11 is 0. The molecule has 0 saturated heterocycles. The van der Waals surface area contributed by atoms with Crippen LogP contribution in [0.2, 0.25) is 0 Å². The third-order valence-electron chi connectivity index (χ3n) is 4.70. The number of sulfonamides is 1. The molecule has 26 heavy (non-hydrogen) atoms. The van der Waals surface area contributed by atoms with E-state index >= 15 is 0 Å². The van der Waals surface area contributed by atoms with E-state index < -0.39 is 10.0 Å². The Morgan fingerprint density at radius 2 is 1.85 bits per heavy atom. The van der Waals surface area contributed by atoms with Crippen molar-refractivity contribution in [3.05, 3.63) is 48.0 Å². The molecule has 0 atom stereocenters. The molecule has 7 heteroatoms. The van der Waals surface area contributed by atoms with Crippen molar-refractivity contribution < 1.29 is 17.9 Å². The highest BCUT2D eigenvalue weighted by atomic mass is 32.2. The molecule has 138 valence electrons. The second kappa shape index (κ2) is 7.17. The number of nitrogens with zero attached hydrogens (tertiary/aromatic N) is 1. The largest absolute Gasteiger partial charge is 0.486 e. The first-order valence-corrected chi connectivity index (χ1v) is 10.3. The molecule has 0 saturated carbocycles. The third kappa shape index (κ3) is 3.50. The third-order valence-corrected chi connectivity index (χ3v) is 6.16. The van der Waals surface area contributed by atoms with Gasteiger partial charge in [0.1, 0.15) is 13.2 Å². The van der Waals surface area contributed by atoms with E-state index in [2.05, 4.69) is 21.8 Å². The molecule has 2 aliphatic rings. The number of para-hydroxylation sites is 1. The highest BCUT2D eigenvalue weighted by molar-refractivity contribution is 7.89. The summed E-state index contributed by atoms with van der Waals surface area (Å²) in [7, 11) is -3.58. The van der Waals surface area contributed by atoms with Crippen LogP contribution in [0.5, 0.6) is 11.5 Å². The lowest BCUT2D eigenvalue weighted by Gasteiger charge is -2.31. The molecule has 0 spiro atoms. The Kier molecular flexibility index (Phi) is 4.74. The Balaban J connectivity index is 1.42. The maximum Gasteiger partial charge on any atom is 0.240 e. The minimum absolute atomic E-state index is 0.195. The molecule has 0 aliphatic carbocycles. The Morgan fingerprint density at radius 3 is 2.73 bits per heavy atom. The van der Waals surface area contributed by atoms with Crippen molar-refractivity contribution in [1.29, 1.82) is 0 Å². The minimum Gasteiger partial charge on any atom is -0.486 e. The van der Waals surface area contributed by atoms with Gasteiger partial charge < -0.3 is 14.4 Å². The van der Waals surface area contributed by atoms with Crippen LogP contribution >= 0.6 is 0 Å². The second-order valence-electron chi connectivity index (χ2n) is 6.42. The minimum atomic E-state index is -3.58. The fourth-order valence-electron chi connectivity index (χ4n) is 3.43. The first kappa shape index (κ1) is 17.2. The monoisotopic (exact) mass is 374 g/mol. The molecular weight excluding hydrogens is 352 g/mol. The zero-order valence-corrected chi connectivity index (χ0v) is 15.3.